The maximum Gasteiger partial charge on any atom is 0.125 e. The molecule has 0 bridgehead atoms. The van der Waals surface area contributed by atoms with Gasteiger partial charge >= 0.3 is 0 Å². The lowest BCUT2D eigenvalue weighted by Gasteiger charge is -2.35. The maximum absolute atomic E-state index is 13.4. The first-order valence-corrected chi connectivity index (χ1v) is 6.86. The Labute approximate surface area is 118 Å². The van der Waals surface area contributed by atoms with Crippen LogP contribution < -0.4 is 10.2 Å². The van der Waals surface area contributed by atoms with Crippen LogP contribution >= 0.6 is 0 Å². The Bertz CT molecular complexity index is 436. The second-order valence-corrected chi connectivity index (χ2v) is 5.17. The molecule has 6 heteroatoms. The average molecular weight is 283 g/mol. The highest BCUT2D eigenvalue weighted by molar-refractivity contribution is 5.70. The lowest BCUT2D eigenvalue weighted by atomic mass is 10.2. The summed E-state index contributed by atoms with van der Waals surface area (Å²) in [6.45, 7) is 3.59. The van der Waals surface area contributed by atoms with Crippen LogP contribution in [-0.4, -0.2) is 67.6 Å². The van der Waals surface area contributed by atoms with E-state index in [1.807, 2.05) is 0 Å². The van der Waals surface area contributed by atoms with Crippen molar-refractivity contribution in [2.75, 3.05) is 56.6 Å². The molecular weight excluding hydrogens is 261 g/mol. The number of rotatable bonds is 5. The molecule has 20 heavy (non-hydrogen) atoms. The Morgan fingerprint density at radius 2 is 2.00 bits per heavy atom. The molecule has 1 saturated heterocycles. The number of hydrogen-bond acceptors (Lipinski definition) is 5. The van der Waals surface area contributed by atoms with Crippen LogP contribution in [0.3, 0.4) is 0 Å². The van der Waals surface area contributed by atoms with Gasteiger partial charge in [-0.15, -0.1) is 0 Å². The van der Waals surface area contributed by atoms with Gasteiger partial charge in [-0.3, -0.25) is 0 Å². The number of aliphatic hydroxyl groups excluding tert-OH is 2. The average Bonchev–Trinajstić information content (AvgIpc) is 2.46. The minimum absolute atomic E-state index is 0.195. The fourth-order valence-corrected chi connectivity index (χ4v) is 2.27. The van der Waals surface area contributed by atoms with Gasteiger partial charge in [0.25, 0.3) is 0 Å². The molecule has 0 aromatic heterocycles. The van der Waals surface area contributed by atoms with Gasteiger partial charge in [-0.05, 0) is 25.2 Å². The van der Waals surface area contributed by atoms with Gasteiger partial charge in [0.1, 0.15) is 5.82 Å². The van der Waals surface area contributed by atoms with E-state index in [0.29, 0.717) is 5.69 Å². The van der Waals surface area contributed by atoms with Gasteiger partial charge in [0.15, 0.2) is 0 Å². The highest BCUT2D eigenvalue weighted by Gasteiger charge is 2.17. The van der Waals surface area contributed by atoms with E-state index in [1.165, 1.54) is 12.1 Å². The summed E-state index contributed by atoms with van der Waals surface area (Å²) in [5, 5.41) is 21.2. The predicted molar refractivity (Wildman–Crippen MR) is 77.7 cm³/mol. The largest absolute Gasteiger partial charge is 0.394 e. The van der Waals surface area contributed by atoms with Gasteiger partial charge in [0.2, 0.25) is 0 Å². The summed E-state index contributed by atoms with van der Waals surface area (Å²) < 4.78 is 13.4. The molecule has 2 rings (SSSR count). The first-order valence-electron chi connectivity index (χ1n) is 6.86. The molecule has 0 radical (unpaired) electrons. The van der Waals surface area contributed by atoms with E-state index in [2.05, 4.69) is 22.2 Å². The van der Waals surface area contributed by atoms with Crippen LogP contribution in [-0.2, 0) is 0 Å². The van der Waals surface area contributed by atoms with Crippen molar-refractivity contribution in [2.24, 2.45) is 0 Å². The van der Waals surface area contributed by atoms with E-state index in [9.17, 15) is 9.50 Å². The van der Waals surface area contributed by atoms with Gasteiger partial charge in [-0.2, -0.15) is 0 Å². The Kier molecular flexibility index (Phi) is 5.17. The number of likely N-dealkylation sites (N-methyl/N-ethyl adjacent to an activating group) is 1. The summed E-state index contributed by atoms with van der Waals surface area (Å²) in [5.74, 6) is -0.316. The third kappa shape index (κ3) is 3.82. The van der Waals surface area contributed by atoms with Crippen LogP contribution in [0.25, 0.3) is 0 Å². The van der Waals surface area contributed by atoms with E-state index in [1.54, 1.807) is 6.07 Å². The molecule has 1 aromatic rings. The van der Waals surface area contributed by atoms with Gasteiger partial charge in [0.05, 0.1) is 24.1 Å². The summed E-state index contributed by atoms with van der Waals surface area (Å²) in [6.07, 6.45) is -0.849. The normalized spacial score (nSPS) is 18.1. The Morgan fingerprint density at radius 3 is 2.65 bits per heavy atom. The number of benzene rings is 1. The van der Waals surface area contributed by atoms with E-state index < -0.39 is 6.10 Å². The van der Waals surface area contributed by atoms with Crippen molar-refractivity contribution in [1.82, 2.24) is 4.90 Å². The molecular formula is C14H22FN3O2. The molecule has 0 amide bonds. The van der Waals surface area contributed by atoms with Gasteiger partial charge in [-0.1, -0.05) is 0 Å². The molecule has 0 aliphatic carbocycles. The zero-order chi connectivity index (χ0) is 14.5. The van der Waals surface area contributed by atoms with Crippen molar-refractivity contribution in [3.05, 3.63) is 24.0 Å². The molecule has 1 aliphatic rings. The lowest BCUT2D eigenvalue weighted by Crippen LogP contribution is -2.44. The van der Waals surface area contributed by atoms with Gasteiger partial charge in [0, 0.05) is 32.7 Å². The van der Waals surface area contributed by atoms with E-state index in [4.69, 9.17) is 5.11 Å². The molecule has 112 valence electrons. The number of nitrogens with zero attached hydrogens (tertiary/aromatic N) is 2. The van der Waals surface area contributed by atoms with Gasteiger partial charge in [-0.25, -0.2) is 4.39 Å². The summed E-state index contributed by atoms with van der Waals surface area (Å²) in [6, 6.07) is 4.63. The number of aliphatic hydroxyl groups is 2. The SMILES string of the molecule is CN1CCN(c2ccc(F)cc2NCC(O)CO)CC1. The zero-order valence-electron chi connectivity index (χ0n) is 11.7. The molecule has 1 atom stereocenters. The highest BCUT2D eigenvalue weighted by Crippen LogP contribution is 2.27. The van der Waals surface area contributed by atoms with Crippen LogP contribution in [0.2, 0.25) is 0 Å². The van der Waals surface area contributed by atoms with Crippen molar-refractivity contribution < 1.29 is 14.6 Å². The third-order valence-corrected chi connectivity index (χ3v) is 3.54. The summed E-state index contributed by atoms with van der Waals surface area (Å²) in [5.41, 5.74) is 1.59. The van der Waals surface area contributed by atoms with Crippen LogP contribution in [0.4, 0.5) is 15.8 Å². The summed E-state index contributed by atoms with van der Waals surface area (Å²) in [7, 11) is 2.08. The molecule has 1 heterocycles. The Hall–Kier alpha value is -1.37. The zero-order valence-corrected chi connectivity index (χ0v) is 11.7. The third-order valence-electron chi connectivity index (χ3n) is 3.54. The first kappa shape index (κ1) is 15.0. The number of nitrogens with one attached hydrogen (secondary N) is 1. The number of halogens is 1. The van der Waals surface area contributed by atoms with Gasteiger partial charge < -0.3 is 25.3 Å². The van der Waals surface area contributed by atoms with Crippen LogP contribution in [0.15, 0.2) is 18.2 Å². The quantitative estimate of drug-likeness (QED) is 0.728. The van der Waals surface area contributed by atoms with E-state index >= 15 is 0 Å². The van der Waals surface area contributed by atoms with E-state index in [-0.39, 0.29) is 19.0 Å². The molecule has 0 spiro atoms. The smallest absolute Gasteiger partial charge is 0.125 e. The fraction of sp³-hybridized carbons (Fsp3) is 0.571. The van der Waals surface area contributed by atoms with Crippen LogP contribution in [0.5, 0.6) is 0 Å². The van der Waals surface area contributed by atoms with Crippen molar-refractivity contribution >= 4 is 11.4 Å². The van der Waals surface area contributed by atoms with Crippen molar-refractivity contribution in [3.63, 3.8) is 0 Å². The molecule has 1 aromatic carbocycles. The molecule has 1 fully saturated rings. The maximum atomic E-state index is 13.4. The molecule has 3 N–H and O–H groups in total. The van der Waals surface area contributed by atoms with Crippen LogP contribution in [0, 0.1) is 5.82 Å². The minimum Gasteiger partial charge on any atom is -0.394 e. The molecule has 1 aliphatic heterocycles. The van der Waals surface area contributed by atoms with Crippen molar-refractivity contribution in [3.8, 4) is 0 Å². The predicted octanol–water partition coefficient (Wildman–Crippen LogP) is 0.343. The molecule has 5 nitrogen and oxygen atoms in total. The monoisotopic (exact) mass is 283 g/mol. The standard InChI is InChI=1S/C14H22FN3O2/c1-17-4-6-18(7-5-17)14-3-2-11(15)8-13(14)16-9-12(20)10-19/h2-3,8,12,16,19-20H,4-7,9-10H2,1H3. The van der Waals surface area contributed by atoms with E-state index in [0.717, 1.165) is 31.9 Å². The summed E-state index contributed by atoms with van der Waals surface area (Å²) >= 11 is 0. The second kappa shape index (κ2) is 6.88. The minimum atomic E-state index is -0.849. The Morgan fingerprint density at radius 1 is 1.30 bits per heavy atom. The topological polar surface area (TPSA) is 59.0 Å². The molecule has 1 unspecified atom stereocenters. The fourth-order valence-electron chi connectivity index (χ4n) is 2.27. The summed E-state index contributed by atoms with van der Waals surface area (Å²) in [4.78, 5) is 4.45. The Balaban J connectivity index is 2.11. The van der Waals surface area contributed by atoms with Crippen molar-refractivity contribution in [2.45, 2.75) is 6.10 Å². The number of hydrogen-bond donors (Lipinski definition) is 3. The number of piperazine rings is 1. The second-order valence-electron chi connectivity index (χ2n) is 5.17. The molecule has 0 saturated carbocycles. The lowest BCUT2D eigenvalue weighted by molar-refractivity contribution is 0.105. The number of anilines is 2. The van der Waals surface area contributed by atoms with Crippen LogP contribution in [0.1, 0.15) is 0 Å². The first-order chi connectivity index (χ1) is 9.60. The van der Waals surface area contributed by atoms with Crippen molar-refractivity contribution in [1.29, 1.82) is 0 Å². The highest BCUT2D eigenvalue weighted by atomic mass is 19.1.